The Morgan fingerprint density at radius 1 is 1.10 bits per heavy atom. The number of urea groups is 1. The van der Waals surface area contributed by atoms with Gasteiger partial charge in [0, 0.05) is 20.1 Å². The standard InChI is InChI=1S/C21H22BrN5O2/c1-13(2)10-27-17-9-8-16(19(22)20(17)23-24-27)15-6-4-14(5-7-15)11-26-12-18(28)25(3)21(26)29/h4-9,13H,10-12H2,1-3H3. The molecule has 1 aliphatic rings. The molecule has 8 heteroatoms. The molecule has 2 heterocycles. The van der Waals surface area contributed by atoms with Crippen LogP contribution < -0.4 is 0 Å². The fourth-order valence-electron chi connectivity index (χ4n) is 3.50. The van der Waals surface area contributed by atoms with Crippen LogP contribution in [0.25, 0.3) is 22.2 Å². The van der Waals surface area contributed by atoms with Gasteiger partial charge in [-0.05, 0) is 44.6 Å². The van der Waals surface area contributed by atoms with Gasteiger partial charge >= 0.3 is 6.03 Å². The van der Waals surface area contributed by atoms with Gasteiger partial charge in [0.05, 0.1) is 9.99 Å². The Bertz CT molecular complexity index is 1090. The van der Waals surface area contributed by atoms with E-state index in [1.165, 1.54) is 7.05 Å². The summed E-state index contributed by atoms with van der Waals surface area (Å²) in [7, 11) is 1.51. The zero-order valence-corrected chi connectivity index (χ0v) is 18.2. The van der Waals surface area contributed by atoms with Crippen LogP contribution in [0.2, 0.25) is 0 Å². The van der Waals surface area contributed by atoms with Crippen LogP contribution in [-0.2, 0) is 17.9 Å². The van der Waals surface area contributed by atoms with Gasteiger partial charge in [-0.25, -0.2) is 9.48 Å². The number of hydrogen-bond donors (Lipinski definition) is 0. The lowest BCUT2D eigenvalue weighted by atomic mass is 10.0. The first-order valence-electron chi connectivity index (χ1n) is 9.51. The molecule has 2 aromatic carbocycles. The number of benzene rings is 2. The van der Waals surface area contributed by atoms with Crippen LogP contribution in [-0.4, -0.2) is 50.3 Å². The third-order valence-corrected chi connectivity index (χ3v) is 5.86. The number of amides is 3. The Morgan fingerprint density at radius 3 is 2.45 bits per heavy atom. The van der Waals surface area contributed by atoms with Crippen LogP contribution >= 0.6 is 15.9 Å². The van der Waals surface area contributed by atoms with Gasteiger partial charge in [0.1, 0.15) is 12.1 Å². The molecule has 3 aromatic rings. The summed E-state index contributed by atoms with van der Waals surface area (Å²) in [4.78, 5) is 26.4. The number of carbonyl (C=O) groups excluding carboxylic acids is 2. The van der Waals surface area contributed by atoms with E-state index in [9.17, 15) is 9.59 Å². The number of likely N-dealkylation sites (N-methyl/N-ethyl adjacent to an activating group) is 1. The summed E-state index contributed by atoms with van der Waals surface area (Å²) in [5.41, 5.74) is 4.91. The number of hydrogen-bond acceptors (Lipinski definition) is 4. The van der Waals surface area contributed by atoms with E-state index in [0.717, 1.165) is 43.6 Å². The van der Waals surface area contributed by atoms with Crippen molar-refractivity contribution in [1.29, 1.82) is 0 Å². The largest absolute Gasteiger partial charge is 0.327 e. The van der Waals surface area contributed by atoms with E-state index in [2.05, 4.69) is 52.2 Å². The molecule has 0 spiro atoms. The fraction of sp³-hybridized carbons (Fsp3) is 0.333. The lowest BCUT2D eigenvalue weighted by Gasteiger charge is -2.15. The summed E-state index contributed by atoms with van der Waals surface area (Å²) in [6.45, 7) is 5.68. The molecule has 0 bridgehead atoms. The third kappa shape index (κ3) is 3.64. The number of halogens is 1. The van der Waals surface area contributed by atoms with Gasteiger partial charge in [0.2, 0.25) is 5.91 Å². The minimum absolute atomic E-state index is 0.130. The van der Waals surface area contributed by atoms with E-state index >= 15 is 0 Å². The first-order chi connectivity index (χ1) is 13.8. The molecule has 0 unspecified atom stereocenters. The van der Waals surface area contributed by atoms with Gasteiger partial charge in [-0.3, -0.25) is 9.69 Å². The van der Waals surface area contributed by atoms with Gasteiger partial charge in [0.15, 0.2) is 0 Å². The number of imide groups is 1. The number of aromatic nitrogens is 3. The van der Waals surface area contributed by atoms with Crippen LogP contribution in [0.15, 0.2) is 40.9 Å². The second-order valence-electron chi connectivity index (χ2n) is 7.75. The molecular formula is C21H22BrN5O2. The van der Waals surface area contributed by atoms with Gasteiger partial charge in [-0.2, -0.15) is 0 Å². The quantitative estimate of drug-likeness (QED) is 0.546. The average molecular weight is 456 g/mol. The minimum Gasteiger partial charge on any atom is -0.311 e. The molecule has 4 rings (SSSR count). The van der Waals surface area contributed by atoms with Gasteiger partial charge in [-0.15, -0.1) is 5.10 Å². The Kier molecular flexibility index (Phi) is 5.12. The molecule has 1 saturated heterocycles. The molecule has 3 amide bonds. The highest BCUT2D eigenvalue weighted by Gasteiger charge is 2.32. The smallest absolute Gasteiger partial charge is 0.311 e. The van der Waals surface area contributed by atoms with Crippen molar-refractivity contribution < 1.29 is 9.59 Å². The first-order valence-corrected chi connectivity index (χ1v) is 10.3. The molecule has 0 N–H and O–H groups in total. The Morgan fingerprint density at radius 2 is 1.83 bits per heavy atom. The van der Waals surface area contributed by atoms with E-state index in [1.54, 1.807) is 4.90 Å². The molecule has 0 atom stereocenters. The maximum absolute atomic E-state index is 12.1. The van der Waals surface area contributed by atoms with Crippen LogP contribution in [0, 0.1) is 5.92 Å². The molecule has 1 aromatic heterocycles. The molecule has 29 heavy (non-hydrogen) atoms. The van der Waals surface area contributed by atoms with Crippen molar-refractivity contribution in [3.8, 4) is 11.1 Å². The minimum atomic E-state index is -0.253. The summed E-state index contributed by atoms with van der Waals surface area (Å²) in [5.74, 6) is 0.317. The monoisotopic (exact) mass is 455 g/mol. The van der Waals surface area contributed by atoms with Crippen LogP contribution in [0.3, 0.4) is 0 Å². The normalized spacial score (nSPS) is 14.7. The highest BCUT2D eigenvalue weighted by atomic mass is 79.9. The van der Waals surface area contributed by atoms with Gasteiger partial charge in [0.25, 0.3) is 0 Å². The highest BCUT2D eigenvalue weighted by molar-refractivity contribution is 9.10. The van der Waals surface area contributed by atoms with Crippen LogP contribution in [0.5, 0.6) is 0 Å². The molecule has 1 fully saturated rings. The van der Waals surface area contributed by atoms with Crippen molar-refractivity contribution in [1.82, 2.24) is 24.8 Å². The van der Waals surface area contributed by atoms with E-state index in [-0.39, 0.29) is 18.5 Å². The molecule has 0 aliphatic carbocycles. The molecule has 0 saturated carbocycles. The summed E-state index contributed by atoms with van der Waals surface area (Å²) >= 11 is 3.70. The summed E-state index contributed by atoms with van der Waals surface area (Å²) in [5, 5.41) is 8.64. The van der Waals surface area contributed by atoms with E-state index in [1.807, 2.05) is 28.9 Å². The third-order valence-electron chi connectivity index (χ3n) is 5.06. The van der Waals surface area contributed by atoms with E-state index < -0.39 is 0 Å². The van der Waals surface area contributed by atoms with Crippen molar-refractivity contribution in [2.24, 2.45) is 5.92 Å². The summed E-state index contributed by atoms with van der Waals surface area (Å²) in [6.07, 6.45) is 0. The van der Waals surface area contributed by atoms with Crippen molar-refractivity contribution in [3.63, 3.8) is 0 Å². The summed E-state index contributed by atoms with van der Waals surface area (Å²) in [6, 6.07) is 11.9. The lowest BCUT2D eigenvalue weighted by molar-refractivity contribution is -0.124. The molecular weight excluding hydrogens is 434 g/mol. The van der Waals surface area contributed by atoms with Crippen LogP contribution in [0.1, 0.15) is 19.4 Å². The number of nitrogens with zero attached hydrogens (tertiary/aromatic N) is 5. The Hall–Kier alpha value is -2.74. The molecule has 0 radical (unpaired) electrons. The van der Waals surface area contributed by atoms with E-state index in [4.69, 9.17) is 0 Å². The predicted molar refractivity (Wildman–Crippen MR) is 114 cm³/mol. The Labute approximate surface area is 177 Å². The SMILES string of the molecule is CC(C)Cn1nnc2c(Br)c(-c3ccc(CN4CC(=O)N(C)C4=O)cc3)ccc21. The van der Waals surface area contributed by atoms with Crippen molar-refractivity contribution in [3.05, 3.63) is 46.4 Å². The maximum atomic E-state index is 12.1. The topological polar surface area (TPSA) is 71.3 Å². The summed E-state index contributed by atoms with van der Waals surface area (Å²) < 4.78 is 2.85. The van der Waals surface area contributed by atoms with Crippen molar-refractivity contribution in [2.45, 2.75) is 26.9 Å². The van der Waals surface area contributed by atoms with Crippen LogP contribution in [0.4, 0.5) is 4.79 Å². The highest BCUT2D eigenvalue weighted by Crippen LogP contribution is 2.34. The molecule has 150 valence electrons. The zero-order chi connectivity index (χ0) is 20.7. The number of fused-ring (bicyclic) bond motifs is 1. The maximum Gasteiger partial charge on any atom is 0.327 e. The second-order valence-corrected chi connectivity index (χ2v) is 8.54. The van der Waals surface area contributed by atoms with Gasteiger partial charge in [-0.1, -0.05) is 49.4 Å². The zero-order valence-electron chi connectivity index (χ0n) is 16.6. The van der Waals surface area contributed by atoms with Crippen molar-refractivity contribution in [2.75, 3.05) is 13.6 Å². The van der Waals surface area contributed by atoms with E-state index in [0.29, 0.717) is 12.5 Å². The van der Waals surface area contributed by atoms with Gasteiger partial charge < -0.3 is 4.90 Å². The molecule has 1 aliphatic heterocycles. The average Bonchev–Trinajstić information content (AvgIpc) is 3.20. The number of carbonyl (C=O) groups is 2. The van der Waals surface area contributed by atoms with Crippen molar-refractivity contribution >= 4 is 38.9 Å². The number of rotatable bonds is 5. The predicted octanol–water partition coefficient (Wildman–Crippen LogP) is 3.91. The fourth-order valence-corrected chi connectivity index (χ4v) is 4.14. The molecule has 7 nitrogen and oxygen atoms in total. The second kappa shape index (κ2) is 7.59. The Balaban J connectivity index is 1.57. The first kappa shape index (κ1) is 19.6. The lowest BCUT2D eigenvalue weighted by Crippen LogP contribution is -2.29.